The van der Waals surface area contributed by atoms with Crippen LogP contribution in [0, 0.1) is 29.5 Å². The van der Waals surface area contributed by atoms with E-state index in [1.807, 2.05) is 48.5 Å². The van der Waals surface area contributed by atoms with Gasteiger partial charge in [-0.1, -0.05) is 53.6 Å². The van der Waals surface area contributed by atoms with Gasteiger partial charge >= 0.3 is 0 Å². The van der Waals surface area contributed by atoms with Crippen molar-refractivity contribution in [2.75, 3.05) is 22.8 Å². The number of carbonyl (C=O) groups excluding carboxylic acids is 4. The zero-order valence-electron chi connectivity index (χ0n) is 31.2. The lowest BCUT2D eigenvalue weighted by Crippen LogP contribution is -2.53. The van der Waals surface area contributed by atoms with Gasteiger partial charge in [-0.2, -0.15) is 5.01 Å². The van der Waals surface area contributed by atoms with Gasteiger partial charge in [-0.25, -0.2) is 4.39 Å². The van der Waals surface area contributed by atoms with E-state index >= 15 is 9.59 Å². The number of halogens is 4. The Morgan fingerprint density at radius 2 is 1.47 bits per heavy atom. The van der Waals surface area contributed by atoms with Crippen molar-refractivity contribution in [1.29, 1.82) is 0 Å². The van der Waals surface area contributed by atoms with Crippen LogP contribution in [-0.2, 0) is 24.6 Å². The standard InChI is InChI=1S/C45H34Br2ClFN4O6/c1-59-35-22-33(38(46)39(47)40(35)54)37-30-19-20-31-36(43(57)52(41(31)55)29-17-15-27(16-18-29)50-26-5-3-2-4-6-26)32(30)21-34-42(56)53(51-28-13-11-25(49)12-14-28)44(58)45(34,37)23-7-9-24(48)10-8-23/h2-19,22,31-32,34,36-37,50-51,54H,20-21H2,1H3. The molecule has 5 aromatic rings. The Balaban J connectivity index is 1.19. The Bertz CT molecular complexity index is 2580. The van der Waals surface area contributed by atoms with Crippen LogP contribution >= 0.6 is 43.5 Å². The summed E-state index contributed by atoms with van der Waals surface area (Å²) in [7, 11) is 1.41. The molecule has 0 radical (unpaired) electrons. The molecule has 298 valence electrons. The van der Waals surface area contributed by atoms with Crippen LogP contribution in [0.4, 0.5) is 27.1 Å². The van der Waals surface area contributed by atoms with E-state index in [4.69, 9.17) is 16.3 Å². The SMILES string of the molecule is COc1cc(C2C3=CCC4C(=O)N(c5ccc(Nc6ccccc6)cc5)C(=O)C4C3CC3C(=O)N(Nc4ccc(F)cc4)C(=O)C32c2ccc(Cl)cc2)c(Br)c(Br)c1O. The molecule has 2 aliphatic carbocycles. The third-order valence-electron chi connectivity index (χ3n) is 12.1. The van der Waals surface area contributed by atoms with E-state index < -0.39 is 58.5 Å². The predicted molar refractivity (Wildman–Crippen MR) is 228 cm³/mol. The molecule has 10 nitrogen and oxygen atoms in total. The molecule has 5 aromatic carbocycles. The minimum Gasteiger partial charge on any atom is -0.503 e. The lowest BCUT2D eigenvalue weighted by Gasteiger charge is -2.51. The minimum atomic E-state index is -1.64. The summed E-state index contributed by atoms with van der Waals surface area (Å²) in [6.07, 6.45) is 2.20. The topological polar surface area (TPSA) is 128 Å². The molecule has 0 spiro atoms. The van der Waals surface area contributed by atoms with Crippen molar-refractivity contribution >= 4 is 89.8 Å². The van der Waals surface area contributed by atoms with Crippen LogP contribution in [0.5, 0.6) is 11.5 Å². The number of phenolic OH excluding ortho intramolecular Hbond substituents is 1. The van der Waals surface area contributed by atoms with Gasteiger partial charge in [-0.05, 0) is 141 Å². The first-order valence-corrected chi connectivity index (χ1v) is 20.8. The fraction of sp³-hybridized carbons (Fsp3) is 0.200. The Kier molecular flexibility index (Phi) is 9.88. The van der Waals surface area contributed by atoms with Crippen molar-refractivity contribution < 1.29 is 33.4 Å². The third kappa shape index (κ3) is 6.15. The molecule has 59 heavy (non-hydrogen) atoms. The van der Waals surface area contributed by atoms with Gasteiger partial charge in [0.1, 0.15) is 5.82 Å². The van der Waals surface area contributed by atoms with Crippen LogP contribution in [0.1, 0.15) is 29.9 Å². The number of hydrazine groups is 1. The van der Waals surface area contributed by atoms with E-state index in [0.29, 0.717) is 37.6 Å². The predicted octanol–water partition coefficient (Wildman–Crippen LogP) is 9.65. The summed E-state index contributed by atoms with van der Waals surface area (Å²) in [5.74, 6) is -6.67. The second-order valence-electron chi connectivity index (χ2n) is 15.1. The number of nitrogens with zero attached hydrogens (tertiary/aromatic N) is 2. The van der Waals surface area contributed by atoms with Gasteiger partial charge in [0.15, 0.2) is 11.5 Å². The van der Waals surface area contributed by atoms with Crippen molar-refractivity contribution in [3.8, 4) is 11.5 Å². The van der Waals surface area contributed by atoms with E-state index in [0.717, 1.165) is 16.4 Å². The number of phenols is 1. The summed E-state index contributed by atoms with van der Waals surface area (Å²) in [6, 6.07) is 30.4. The zero-order chi connectivity index (χ0) is 41.3. The number of benzene rings is 5. The number of methoxy groups -OCH3 is 1. The second kappa shape index (κ2) is 15.0. The molecule has 6 atom stereocenters. The van der Waals surface area contributed by atoms with Crippen LogP contribution in [0.2, 0.25) is 5.02 Å². The molecule has 6 unspecified atom stereocenters. The smallest absolute Gasteiger partial charge is 0.260 e. The van der Waals surface area contributed by atoms with E-state index in [2.05, 4.69) is 42.6 Å². The highest BCUT2D eigenvalue weighted by Gasteiger charge is 2.70. The summed E-state index contributed by atoms with van der Waals surface area (Å²) in [6.45, 7) is 0. The fourth-order valence-electron chi connectivity index (χ4n) is 9.61. The third-order valence-corrected chi connectivity index (χ3v) is 14.6. The van der Waals surface area contributed by atoms with E-state index in [1.54, 1.807) is 42.5 Å². The number of rotatable bonds is 8. The van der Waals surface area contributed by atoms with Gasteiger partial charge < -0.3 is 15.2 Å². The highest BCUT2D eigenvalue weighted by molar-refractivity contribution is 9.13. The van der Waals surface area contributed by atoms with Crippen LogP contribution < -0.4 is 20.4 Å². The van der Waals surface area contributed by atoms with Crippen LogP contribution in [0.3, 0.4) is 0 Å². The summed E-state index contributed by atoms with van der Waals surface area (Å²) < 4.78 is 20.3. The van der Waals surface area contributed by atoms with Crippen molar-refractivity contribution in [1.82, 2.24) is 5.01 Å². The number of anilines is 4. The van der Waals surface area contributed by atoms with Crippen molar-refractivity contribution in [3.05, 3.63) is 152 Å². The van der Waals surface area contributed by atoms with Crippen molar-refractivity contribution in [3.63, 3.8) is 0 Å². The number of aromatic hydroxyl groups is 1. The molecular weight excluding hydrogens is 907 g/mol. The van der Waals surface area contributed by atoms with Gasteiger partial charge in [0.2, 0.25) is 11.8 Å². The summed E-state index contributed by atoms with van der Waals surface area (Å²) in [5, 5.41) is 15.8. The average Bonchev–Trinajstić information content (AvgIpc) is 3.62. The lowest BCUT2D eigenvalue weighted by atomic mass is 9.49. The number of fused-ring (bicyclic) bond motifs is 4. The number of amides is 4. The van der Waals surface area contributed by atoms with Gasteiger partial charge in [-0.3, -0.25) is 29.5 Å². The Morgan fingerprint density at radius 3 is 2.15 bits per heavy atom. The Hall–Kier alpha value is -5.50. The van der Waals surface area contributed by atoms with Gasteiger partial charge in [0.25, 0.3) is 11.8 Å². The van der Waals surface area contributed by atoms with Crippen molar-refractivity contribution in [2.24, 2.45) is 23.7 Å². The highest BCUT2D eigenvalue weighted by atomic mass is 79.9. The molecule has 2 heterocycles. The number of ether oxygens (including phenoxy) is 1. The summed E-state index contributed by atoms with van der Waals surface area (Å²) in [5.41, 5.74) is 5.40. The lowest BCUT2D eigenvalue weighted by molar-refractivity contribution is -0.138. The summed E-state index contributed by atoms with van der Waals surface area (Å²) in [4.78, 5) is 60.9. The molecule has 9 rings (SSSR count). The summed E-state index contributed by atoms with van der Waals surface area (Å²) >= 11 is 13.6. The number of carbonyl (C=O) groups is 4. The van der Waals surface area contributed by atoms with E-state index in [1.165, 1.54) is 36.3 Å². The largest absolute Gasteiger partial charge is 0.503 e. The van der Waals surface area contributed by atoms with Crippen LogP contribution in [-0.4, -0.2) is 40.9 Å². The van der Waals surface area contributed by atoms with Gasteiger partial charge in [0, 0.05) is 26.8 Å². The molecular formula is C45H34Br2ClFN4O6. The first-order chi connectivity index (χ1) is 28.4. The van der Waals surface area contributed by atoms with Crippen molar-refractivity contribution in [2.45, 2.75) is 24.2 Å². The molecule has 0 aromatic heterocycles. The monoisotopic (exact) mass is 938 g/mol. The Labute approximate surface area is 360 Å². The molecule has 0 bridgehead atoms. The highest BCUT2D eigenvalue weighted by Crippen LogP contribution is 2.65. The molecule has 4 amide bonds. The van der Waals surface area contributed by atoms with E-state index in [9.17, 15) is 19.1 Å². The number of hydrogen-bond acceptors (Lipinski definition) is 8. The fourth-order valence-corrected chi connectivity index (χ4v) is 10.7. The van der Waals surface area contributed by atoms with E-state index in [-0.39, 0.29) is 34.7 Å². The molecule has 4 aliphatic rings. The maximum absolute atomic E-state index is 15.5. The molecule has 2 saturated heterocycles. The normalized spacial score (nSPS) is 24.7. The van der Waals surface area contributed by atoms with Crippen LogP contribution in [0.25, 0.3) is 0 Å². The zero-order valence-corrected chi connectivity index (χ0v) is 35.1. The number of hydrogen-bond donors (Lipinski definition) is 3. The maximum atomic E-state index is 15.5. The van der Waals surface area contributed by atoms with Gasteiger partial charge in [0.05, 0.1) is 46.1 Å². The molecule has 14 heteroatoms. The number of nitrogens with one attached hydrogen (secondary N) is 2. The van der Waals surface area contributed by atoms with Crippen LogP contribution in [0.15, 0.2) is 130 Å². The number of imide groups is 2. The quantitative estimate of drug-likeness (QED) is 0.104. The maximum Gasteiger partial charge on any atom is 0.260 e. The molecule has 3 N–H and O–H groups in total. The molecule has 3 fully saturated rings. The first-order valence-electron chi connectivity index (χ1n) is 18.8. The molecule has 2 aliphatic heterocycles. The average molecular weight is 941 g/mol. The van der Waals surface area contributed by atoms with Gasteiger partial charge in [-0.15, -0.1) is 0 Å². The molecule has 1 saturated carbocycles. The number of allylic oxidation sites excluding steroid dienone is 2. The minimum absolute atomic E-state index is 0.0547. The first kappa shape index (κ1) is 39.0. The Morgan fingerprint density at radius 1 is 0.814 bits per heavy atom. The number of para-hydroxylation sites is 1. The second-order valence-corrected chi connectivity index (χ2v) is 17.1.